The Labute approximate surface area is 353 Å². The maximum absolute atomic E-state index is 14.7. The number of nitrogens with zero attached hydrogens (tertiary/aromatic N) is 2. The summed E-state index contributed by atoms with van der Waals surface area (Å²) in [5, 5.41) is 35.5. The zero-order valence-corrected chi connectivity index (χ0v) is 35.1. The van der Waals surface area contributed by atoms with Gasteiger partial charge in [0.05, 0.1) is 31.5 Å². The second-order valence-corrected chi connectivity index (χ2v) is 16.9. The average Bonchev–Trinajstić information content (AvgIpc) is 3.23. The molecular formula is C48H61FN2O9. The first-order valence-corrected chi connectivity index (χ1v) is 21.2. The minimum absolute atomic E-state index is 0.0112. The van der Waals surface area contributed by atoms with Crippen LogP contribution in [0.2, 0.25) is 0 Å². The predicted octanol–water partition coefficient (Wildman–Crippen LogP) is 8.82. The van der Waals surface area contributed by atoms with E-state index in [0.29, 0.717) is 36.5 Å². The molecule has 1 heterocycles. The van der Waals surface area contributed by atoms with Crippen LogP contribution in [0.25, 0.3) is 0 Å². The van der Waals surface area contributed by atoms with Crippen LogP contribution in [-0.4, -0.2) is 82.5 Å². The normalized spacial score (nSPS) is 23.8. The van der Waals surface area contributed by atoms with Crippen molar-refractivity contribution >= 4 is 11.8 Å². The summed E-state index contributed by atoms with van der Waals surface area (Å²) in [5.74, 6) is -2.19. The van der Waals surface area contributed by atoms with Crippen molar-refractivity contribution in [1.82, 2.24) is 4.90 Å². The Kier molecular flexibility index (Phi) is 15.4. The van der Waals surface area contributed by atoms with Gasteiger partial charge in [-0.1, -0.05) is 72.6 Å². The molecule has 3 aromatic rings. The van der Waals surface area contributed by atoms with Crippen molar-refractivity contribution in [1.29, 1.82) is 0 Å². The van der Waals surface area contributed by atoms with Gasteiger partial charge in [0.25, 0.3) is 0 Å². The molecule has 60 heavy (non-hydrogen) atoms. The van der Waals surface area contributed by atoms with E-state index in [4.69, 9.17) is 28.9 Å². The minimum Gasteiger partial charge on any atom is -0.508 e. The Morgan fingerprint density at radius 3 is 2.42 bits per heavy atom. The number of aliphatic hydroxyl groups excluding tert-OH is 2. The van der Waals surface area contributed by atoms with Gasteiger partial charge in [0, 0.05) is 37.7 Å². The number of hydrogen-bond donors (Lipinski definition) is 3. The summed E-state index contributed by atoms with van der Waals surface area (Å²) in [6, 6.07) is 19.9. The van der Waals surface area contributed by atoms with Crippen molar-refractivity contribution in [3.05, 3.63) is 120 Å². The number of unbranched alkanes of at least 4 members (excludes halogenated alkanes) is 2. The van der Waals surface area contributed by atoms with Gasteiger partial charge in [0.2, 0.25) is 5.79 Å². The van der Waals surface area contributed by atoms with Crippen LogP contribution >= 0.6 is 0 Å². The molecule has 0 bridgehead atoms. The first-order chi connectivity index (χ1) is 29.0. The van der Waals surface area contributed by atoms with Crippen molar-refractivity contribution in [2.45, 2.75) is 102 Å². The molecule has 11 nitrogen and oxygen atoms in total. The molecule has 6 rings (SSSR count). The van der Waals surface area contributed by atoms with E-state index in [-0.39, 0.29) is 69.5 Å². The van der Waals surface area contributed by atoms with Crippen LogP contribution in [0.15, 0.2) is 102 Å². The molecular weight excluding hydrogens is 768 g/mol. The van der Waals surface area contributed by atoms with Crippen molar-refractivity contribution in [2.24, 2.45) is 22.9 Å². The number of benzene rings is 3. The average molecular weight is 829 g/mol. The predicted molar refractivity (Wildman–Crippen MR) is 227 cm³/mol. The molecule has 1 fully saturated rings. The van der Waals surface area contributed by atoms with Gasteiger partial charge in [0.1, 0.15) is 35.6 Å². The van der Waals surface area contributed by atoms with E-state index >= 15 is 0 Å². The SMILES string of the molecule is C=CCO[C@@]12Oc3ccc(O)cc3[C@H]3[C@H](CCCCO)[C@@H](CCCCO)C=C(C(=NOC(C)(C)C)C[C@@H]1N(Cc1ccc(F)cc1)C(=O)OCCOCc1ccccc1)[C@H]32. The van der Waals surface area contributed by atoms with Crippen LogP contribution in [0.4, 0.5) is 9.18 Å². The van der Waals surface area contributed by atoms with Gasteiger partial charge >= 0.3 is 6.09 Å². The molecule has 0 unspecified atom stereocenters. The van der Waals surface area contributed by atoms with E-state index < -0.39 is 35.3 Å². The smallest absolute Gasteiger partial charge is 0.410 e. The van der Waals surface area contributed by atoms with Crippen molar-refractivity contribution in [2.75, 3.05) is 33.0 Å². The number of aromatic hydroxyl groups is 1. The van der Waals surface area contributed by atoms with Gasteiger partial charge < -0.3 is 39.1 Å². The third kappa shape index (κ3) is 10.8. The number of hydrogen-bond acceptors (Lipinski definition) is 10. The van der Waals surface area contributed by atoms with E-state index in [1.807, 2.05) is 51.1 Å². The van der Waals surface area contributed by atoms with Gasteiger partial charge in [-0.15, -0.1) is 6.58 Å². The second kappa shape index (κ2) is 20.7. The maximum Gasteiger partial charge on any atom is 0.410 e. The molecule has 0 aromatic heterocycles. The highest BCUT2D eigenvalue weighted by Crippen LogP contribution is 2.62. The molecule has 0 spiro atoms. The van der Waals surface area contributed by atoms with Gasteiger partial charge in [-0.05, 0) is 105 Å². The van der Waals surface area contributed by atoms with E-state index in [1.54, 1.807) is 41.3 Å². The minimum atomic E-state index is -1.54. The number of fused-ring (bicyclic) bond motifs is 2. The lowest BCUT2D eigenvalue weighted by Gasteiger charge is -2.59. The van der Waals surface area contributed by atoms with Crippen molar-refractivity contribution in [3.63, 3.8) is 0 Å². The molecule has 12 heteroatoms. The number of carbonyl (C=O) groups is 1. The van der Waals surface area contributed by atoms with Crippen LogP contribution in [-0.2, 0) is 32.2 Å². The van der Waals surface area contributed by atoms with Crippen molar-refractivity contribution in [3.8, 4) is 11.5 Å². The van der Waals surface area contributed by atoms with E-state index in [9.17, 15) is 24.5 Å². The number of halogens is 1. The molecule has 1 amide bonds. The Hall–Kier alpha value is -4.75. The monoisotopic (exact) mass is 828 g/mol. The highest BCUT2D eigenvalue weighted by molar-refractivity contribution is 6.03. The number of oxime groups is 1. The third-order valence-corrected chi connectivity index (χ3v) is 11.5. The van der Waals surface area contributed by atoms with E-state index in [0.717, 1.165) is 42.4 Å². The largest absolute Gasteiger partial charge is 0.508 e. The number of carbonyl (C=O) groups excluding carboxylic acids is 1. The lowest BCUT2D eigenvalue weighted by atomic mass is 9.55. The van der Waals surface area contributed by atoms with E-state index in [1.165, 1.54) is 12.1 Å². The van der Waals surface area contributed by atoms with Crippen LogP contribution < -0.4 is 4.74 Å². The number of amides is 1. The fourth-order valence-corrected chi connectivity index (χ4v) is 8.97. The molecule has 2 aliphatic carbocycles. The molecule has 3 aromatic carbocycles. The number of phenols is 1. The zero-order valence-electron chi connectivity index (χ0n) is 35.1. The molecule has 324 valence electrons. The Balaban J connectivity index is 1.50. The molecule has 3 aliphatic rings. The lowest BCUT2D eigenvalue weighted by Crippen LogP contribution is -2.70. The first-order valence-electron chi connectivity index (χ1n) is 21.2. The van der Waals surface area contributed by atoms with Gasteiger partial charge in [-0.2, -0.15) is 0 Å². The summed E-state index contributed by atoms with van der Waals surface area (Å²) in [6.07, 6.45) is 7.78. The Bertz CT molecular complexity index is 1930. The second-order valence-electron chi connectivity index (χ2n) is 16.9. The molecule has 3 N–H and O–H groups in total. The van der Waals surface area contributed by atoms with Gasteiger partial charge in [-0.25, -0.2) is 9.18 Å². The summed E-state index contributed by atoms with van der Waals surface area (Å²) in [5.41, 5.74) is 3.31. The van der Waals surface area contributed by atoms with Crippen molar-refractivity contribution < 1.29 is 48.3 Å². The zero-order chi connectivity index (χ0) is 42.7. The summed E-state index contributed by atoms with van der Waals surface area (Å²) in [6.45, 7) is 10.5. The molecule has 0 saturated heterocycles. The molecule has 1 saturated carbocycles. The quantitative estimate of drug-likeness (QED) is 0.0579. The Morgan fingerprint density at radius 2 is 1.72 bits per heavy atom. The van der Waals surface area contributed by atoms with E-state index in [2.05, 4.69) is 12.7 Å². The van der Waals surface area contributed by atoms with Crippen LogP contribution in [0, 0.1) is 23.6 Å². The van der Waals surface area contributed by atoms with Gasteiger partial charge in [-0.3, -0.25) is 4.90 Å². The Morgan fingerprint density at radius 1 is 0.983 bits per heavy atom. The third-order valence-electron chi connectivity index (χ3n) is 11.5. The fraction of sp³-hybridized carbons (Fsp3) is 0.500. The maximum atomic E-state index is 14.7. The molecule has 0 radical (unpaired) electrons. The topological polar surface area (TPSA) is 140 Å². The van der Waals surface area contributed by atoms with Crippen LogP contribution in [0.3, 0.4) is 0 Å². The summed E-state index contributed by atoms with van der Waals surface area (Å²) >= 11 is 0. The standard InChI is InChI=1S/C48H61FN2O9/c1-5-25-58-48-43(51(31-33-17-19-36(49)20-18-33)46(55)57-27-26-56-32-34-13-7-6-8-14-34)30-41(50-60-47(2,3)4)39-28-35(15-9-11-23-52)38(16-10-12-24-53)44(45(39)48)40-29-37(54)21-22-42(40)59-48/h5-8,13-14,17-22,28-29,35,38,43-45,52-54H,1,9-12,15-16,23-27,30-32H2,2-4H3/t35-,38+,43-,44+,45+,48+/m0/s1. The summed E-state index contributed by atoms with van der Waals surface area (Å²) in [7, 11) is 0. The first kappa shape index (κ1) is 44.8. The highest BCUT2D eigenvalue weighted by atomic mass is 19.1. The molecule has 6 atom stereocenters. The van der Waals surface area contributed by atoms with Crippen LogP contribution in [0.1, 0.15) is 88.3 Å². The number of aliphatic hydroxyl groups is 2. The molecule has 1 aliphatic heterocycles. The number of ether oxygens (including phenoxy) is 4. The lowest BCUT2D eigenvalue weighted by molar-refractivity contribution is -0.256. The van der Waals surface area contributed by atoms with Crippen LogP contribution in [0.5, 0.6) is 11.5 Å². The summed E-state index contributed by atoms with van der Waals surface area (Å²) in [4.78, 5) is 22.5. The number of allylic oxidation sites excluding steroid dienone is 1. The van der Waals surface area contributed by atoms with Gasteiger partial charge in [0.15, 0.2) is 0 Å². The fourth-order valence-electron chi connectivity index (χ4n) is 8.97. The number of phenolic OH excluding ortho intramolecular Hbond substituents is 1. The highest BCUT2D eigenvalue weighted by Gasteiger charge is 2.65. The number of rotatable bonds is 20. The summed E-state index contributed by atoms with van der Waals surface area (Å²) < 4.78 is 40.3.